The zero-order valence-corrected chi connectivity index (χ0v) is 18.9. The Morgan fingerprint density at radius 3 is 2.57 bits per heavy atom. The van der Waals surface area contributed by atoms with Crippen LogP contribution in [0.25, 0.3) is 10.4 Å². The summed E-state index contributed by atoms with van der Waals surface area (Å²) >= 11 is 1.58. The van der Waals surface area contributed by atoms with Gasteiger partial charge >= 0.3 is 0 Å². The minimum atomic E-state index is -0.704. The summed E-state index contributed by atoms with van der Waals surface area (Å²) in [6.07, 6.45) is 7.09. The average Bonchev–Trinajstić information content (AvgIpc) is 3.37. The lowest BCUT2D eigenvalue weighted by Gasteiger charge is -2.39. The van der Waals surface area contributed by atoms with Crippen molar-refractivity contribution in [3.8, 4) is 21.9 Å². The molecule has 3 aliphatic rings. The maximum absolute atomic E-state index is 12.8. The molecule has 1 unspecified atom stereocenters. The van der Waals surface area contributed by atoms with Crippen molar-refractivity contribution in [2.75, 3.05) is 20.6 Å². The summed E-state index contributed by atoms with van der Waals surface area (Å²) in [6, 6.07) is 0.624. The number of thiazole rings is 1. The van der Waals surface area contributed by atoms with E-state index in [9.17, 15) is 4.79 Å². The molecule has 2 aliphatic heterocycles. The summed E-state index contributed by atoms with van der Waals surface area (Å²) < 4.78 is 13.3. The van der Waals surface area contributed by atoms with Crippen LogP contribution in [0.15, 0.2) is 11.7 Å². The zero-order valence-electron chi connectivity index (χ0n) is 18.1. The van der Waals surface area contributed by atoms with E-state index in [1.165, 1.54) is 0 Å². The molecule has 30 heavy (non-hydrogen) atoms. The molecule has 160 valence electrons. The number of rotatable bonds is 3. The lowest BCUT2D eigenvalue weighted by molar-refractivity contribution is -0.123. The highest BCUT2D eigenvalue weighted by Crippen LogP contribution is 2.55. The molecular weight excluding hydrogens is 398 g/mol. The van der Waals surface area contributed by atoms with Gasteiger partial charge in [0, 0.05) is 42.8 Å². The van der Waals surface area contributed by atoms with Crippen molar-refractivity contribution in [3.05, 3.63) is 28.4 Å². The first-order valence-electron chi connectivity index (χ1n) is 10.8. The van der Waals surface area contributed by atoms with Crippen molar-refractivity contribution < 1.29 is 14.3 Å². The van der Waals surface area contributed by atoms with E-state index < -0.39 is 5.79 Å². The Labute approximate surface area is 181 Å². The predicted octanol–water partition coefficient (Wildman–Crippen LogP) is 4.01. The molecule has 1 atom stereocenters. The Balaban J connectivity index is 1.57. The number of nitrogens with one attached hydrogen (secondary N) is 1. The fourth-order valence-corrected chi connectivity index (χ4v) is 6.05. The predicted molar refractivity (Wildman–Crippen MR) is 117 cm³/mol. The number of ether oxygens (including phenoxy) is 2. The van der Waals surface area contributed by atoms with E-state index >= 15 is 0 Å². The van der Waals surface area contributed by atoms with Gasteiger partial charge in [0.2, 0.25) is 0 Å². The van der Waals surface area contributed by atoms with E-state index in [4.69, 9.17) is 9.47 Å². The number of hydrogen-bond donors (Lipinski definition) is 1. The molecule has 0 saturated heterocycles. The molecule has 1 aliphatic carbocycles. The molecule has 1 saturated carbocycles. The van der Waals surface area contributed by atoms with Crippen LogP contribution in [-0.4, -0.2) is 48.3 Å². The fourth-order valence-electron chi connectivity index (χ4n) is 5.36. The topological polar surface area (TPSA) is 63.7 Å². The fraction of sp³-hybridized carbons (Fsp3) is 0.565. The lowest BCUT2D eigenvalue weighted by atomic mass is 9.81. The van der Waals surface area contributed by atoms with Crippen LogP contribution in [0.4, 0.5) is 0 Å². The van der Waals surface area contributed by atoms with E-state index in [-0.39, 0.29) is 5.91 Å². The van der Waals surface area contributed by atoms with Crippen LogP contribution in [0.5, 0.6) is 11.5 Å². The Morgan fingerprint density at radius 1 is 1.17 bits per heavy atom. The monoisotopic (exact) mass is 427 g/mol. The number of fused-ring (bicyclic) bond motifs is 2. The first-order chi connectivity index (χ1) is 14.4. The van der Waals surface area contributed by atoms with Gasteiger partial charge in [-0.2, -0.15) is 0 Å². The van der Waals surface area contributed by atoms with Gasteiger partial charge in [-0.25, -0.2) is 0 Å². The Bertz CT molecular complexity index is 980. The van der Waals surface area contributed by atoms with Gasteiger partial charge in [0.25, 0.3) is 11.7 Å². The second-order valence-electron chi connectivity index (χ2n) is 9.07. The van der Waals surface area contributed by atoms with Crippen molar-refractivity contribution >= 4 is 17.2 Å². The Hall–Kier alpha value is -2.12. The van der Waals surface area contributed by atoms with Crippen molar-refractivity contribution in [2.45, 2.75) is 57.8 Å². The third kappa shape index (κ3) is 3.02. The summed E-state index contributed by atoms with van der Waals surface area (Å²) in [5.41, 5.74) is 5.51. The zero-order chi connectivity index (χ0) is 21.0. The number of hydrogen-bond acceptors (Lipinski definition) is 6. The second-order valence-corrected chi connectivity index (χ2v) is 9.96. The summed E-state index contributed by atoms with van der Waals surface area (Å²) in [6.45, 7) is 4.70. The highest BCUT2D eigenvalue weighted by molar-refractivity contribution is 7.13. The van der Waals surface area contributed by atoms with Crippen molar-refractivity contribution in [3.63, 3.8) is 0 Å². The summed E-state index contributed by atoms with van der Waals surface area (Å²) in [5, 5.41) is 2.99. The Kier molecular flexibility index (Phi) is 4.78. The van der Waals surface area contributed by atoms with E-state index in [0.29, 0.717) is 18.5 Å². The quantitative estimate of drug-likeness (QED) is 0.802. The maximum atomic E-state index is 12.8. The summed E-state index contributed by atoms with van der Waals surface area (Å²) in [4.78, 5) is 20.4. The molecule has 2 aromatic rings. The molecular formula is C23H29N3O3S. The van der Waals surface area contributed by atoms with Gasteiger partial charge in [-0.15, -0.1) is 11.3 Å². The molecule has 1 N–H and O–H groups in total. The molecule has 7 heteroatoms. The molecule has 5 rings (SSSR count). The van der Waals surface area contributed by atoms with Crippen LogP contribution >= 0.6 is 11.3 Å². The normalized spacial score (nSPS) is 27.8. The number of carbonyl (C=O) groups is 1. The van der Waals surface area contributed by atoms with Gasteiger partial charge in [-0.1, -0.05) is 0 Å². The largest absolute Gasteiger partial charge is 0.448 e. The van der Waals surface area contributed by atoms with E-state index in [0.717, 1.165) is 70.7 Å². The number of benzene rings is 1. The van der Waals surface area contributed by atoms with Crippen LogP contribution in [0.3, 0.4) is 0 Å². The van der Waals surface area contributed by atoms with E-state index in [1.807, 2.05) is 18.6 Å². The highest BCUT2D eigenvalue weighted by atomic mass is 32.1. The standard InChI is InChI=1S/C23H29N3O3S/c1-13-18-16(9-10-25-22(18)27)19(17-11-24-12-30-17)21-20(13)28-23(2,29-21)14-5-7-15(8-6-14)26(3)4/h11-12,14-15H,5-10H2,1-4H3,(H,25,27)/t14-,15-,23?. The number of amides is 1. The molecule has 0 spiro atoms. The minimum absolute atomic E-state index is 0.0222. The first kappa shape index (κ1) is 19.8. The van der Waals surface area contributed by atoms with Gasteiger partial charge < -0.3 is 19.7 Å². The minimum Gasteiger partial charge on any atom is -0.448 e. The van der Waals surface area contributed by atoms with Crippen LogP contribution < -0.4 is 14.8 Å². The van der Waals surface area contributed by atoms with Crippen molar-refractivity contribution in [2.24, 2.45) is 5.92 Å². The van der Waals surface area contributed by atoms with Crippen molar-refractivity contribution in [1.82, 2.24) is 15.2 Å². The van der Waals surface area contributed by atoms with Gasteiger partial charge in [-0.05, 0) is 58.7 Å². The maximum Gasteiger partial charge on any atom is 0.252 e. The molecule has 0 bridgehead atoms. The van der Waals surface area contributed by atoms with E-state index in [1.54, 1.807) is 11.3 Å². The van der Waals surface area contributed by atoms with Gasteiger partial charge in [0.15, 0.2) is 11.5 Å². The van der Waals surface area contributed by atoms with Crippen molar-refractivity contribution in [1.29, 1.82) is 0 Å². The second kappa shape index (κ2) is 7.24. The summed E-state index contributed by atoms with van der Waals surface area (Å²) in [7, 11) is 4.32. The van der Waals surface area contributed by atoms with Gasteiger partial charge in [0.05, 0.1) is 16.0 Å². The third-order valence-corrected chi connectivity index (χ3v) is 7.89. The Morgan fingerprint density at radius 2 is 1.90 bits per heavy atom. The first-order valence-corrected chi connectivity index (χ1v) is 11.7. The molecule has 1 aromatic carbocycles. The molecule has 6 nitrogen and oxygen atoms in total. The number of carbonyl (C=O) groups excluding carboxylic acids is 1. The average molecular weight is 428 g/mol. The van der Waals surface area contributed by atoms with Crippen LogP contribution in [0.1, 0.15) is 54.1 Å². The SMILES string of the molecule is Cc1c2c(c(-c3cncs3)c3c1C(=O)NCC3)OC(C)([C@H]1CC[C@H](N(C)C)CC1)O2. The molecule has 1 amide bonds. The highest BCUT2D eigenvalue weighted by Gasteiger charge is 2.48. The smallest absolute Gasteiger partial charge is 0.252 e. The molecule has 3 heterocycles. The lowest BCUT2D eigenvalue weighted by Crippen LogP contribution is -2.46. The molecule has 0 radical (unpaired) electrons. The van der Waals surface area contributed by atoms with Crippen LogP contribution in [0.2, 0.25) is 0 Å². The van der Waals surface area contributed by atoms with Gasteiger partial charge in [0.1, 0.15) is 0 Å². The molecule has 1 fully saturated rings. The third-order valence-electron chi connectivity index (χ3n) is 7.10. The molecule has 1 aromatic heterocycles. The van der Waals surface area contributed by atoms with Crippen LogP contribution in [0, 0.1) is 12.8 Å². The summed E-state index contributed by atoms with van der Waals surface area (Å²) in [5.74, 6) is 1.12. The number of nitrogens with zero attached hydrogens (tertiary/aromatic N) is 2. The van der Waals surface area contributed by atoms with Gasteiger partial charge in [-0.3, -0.25) is 9.78 Å². The van der Waals surface area contributed by atoms with E-state index in [2.05, 4.69) is 36.2 Å². The number of aromatic nitrogens is 1. The van der Waals surface area contributed by atoms with Crippen LogP contribution in [-0.2, 0) is 6.42 Å².